The van der Waals surface area contributed by atoms with Gasteiger partial charge in [-0.2, -0.15) is 0 Å². The first kappa shape index (κ1) is 17.3. The molecule has 0 bridgehead atoms. The third-order valence-electron chi connectivity index (χ3n) is 5.14. The van der Waals surface area contributed by atoms with Crippen molar-refractivity contribution >= 4 is 22.7 Å². The van der Waals surface area contributed by atoms with E-state index in [1.165, 1.54) is 17.7 Å². The molecule has 1 N–H and O–H groups in total. The Balaban J connectivity index is 1.56. The molecular weight excluding hydrogens is 344 g/mol. The van der Waals surface area contributed by atoms with Gasteiger partial charge in [0.25, 0.3) is 5.56 Å². The highest BCUT2D eigenvalue weighted by atomic mass is 16.2. The summed E-state index contributed by atoms with van der Waals surface area (Å²) in [5, 5.41) is 4.45. The van der Waals surface area contributed by atoms with E-state index in [0.717, 1.165) is 34.1 Å². The minimum absolute atomic E-state index is 0.143. The fourth-order valence-corrected chi connectivity index (χ4v) is 3.59. The Kier molecular flexibility index (Phi) is 4.18. The van der Waals surface area contributed by atoms with Crippen LogP contribution in [-0.4, -0.2) is 38.2 Å². The van der Waals surface area contributed by atoms with E-state index in [-0.39, 0.29) is 17.3 Å². The maximum atomic E-state index is 12.2. The molecule has 1 saturated heterocycles. The summed E-state index contributed by atoms with van der Waals surface area (Å²) in [6, 6.07) is 9.60. The number of aromatic nitrogens is 4. The second kappa shape index (κ2) is 6.53. The minimum Gasteiger partial charge on any atom is -0.356 e. The van der Waals surface area contributed by atoms with Gasteiger partial charge in [-0.25, -0.2) is 14.8 Å². The van der Waals surface area contributed by atoms with Crippen molar-refractivity contribution < 1.29 is 0 Å². The van der Waals surface area contributed by atoms with E-state index in [0.29, 0.717) is 18.3 Å². The van der Waals surface area contributed by atoms with Crippen molar-refractivity contribution in [1.82, 2.24) is 19.1 Å². The van der Waals surface area contributed by atoms with Crippen LogP contribution in [0.25, 0.3) is 10.9 Å². The van der Waals surface area contributed by atoms with Gasteiger partial charge in [0.05, 0.1) is 11.2 Å². The van der Waals surface area contributed by atoms with E-state index in [1.807, 2.05) is 36.1 Å². The third-order valence-corrected chi connectivity index (χ3v) is 5.14. The zero-order valence-corrected chi connectivity index (χ0v) is 15.6. The first-order valence-electron chi connectivity index (χ1n) is 8.96. The van der Waals surface area contributed by atoms with Gasteiger partial charge < -0.3 is 10.2 Å². The molecule has 1 aromatic carbocycles. The highest BCUT2D eigenvalue weighted by Gasteiger charge is 2.25. The molecule has 1 aliphatic rings. The van der Waals surface area contributed by atoms with Crippen LogP contribution in [0.15, 0.2) is 39.9 Å². The standard InChI is InChI=1S/C19H22N6O2/c1-12-14-6-4-5-7-15(14)22-18(20-12)21-13-8-9-25(11-13)16-10-17(26)24(3)19(27)23(16)2/h4-7,10,13H,8-9,11H2,1-3H3,(H,20,21,22)/t13-/m0/s1. The summed E-state index contributed by atoms with van der Waals surface area (Å²) in [5.41, 5.74) is 1.24. The van der Waals surface area contributed by atoms with E-state index in [4.69, 9.17) is 0 Å². The molecule has 0 spiro atoms. The van der Waals surface area contributed by atoms with Crippen LogP contribution >= 0.6 is 0 Å². The molecule has 2 aromatic heterocycles. The molecule has 4 rings (SSSR count). The van der Waals surface area contributed by atoms with Gasteiger partial charge in [-0.05, 0) is 19.4 Å². The predicted octanol–water partition coefficient (Wildman–Crippen LogP) is 1.03. The lowest BCUT2D eigenvalue weighted by molar-refractivity contribution is 0.672. The fourth-order valence-electron chi connectivity index (χ4n) is 3.59. The lowest BCUT2D eigenvalue weighted by atomic mass is 10.2. The Morgan fingerprint density at radius 1 is 1.11 bits per heavy atom. The fraction of sp³-hybridized carbons (Fsp3) is 0.368. The normalized spacial score (nSPS) is 16.9. The zero-order chi connectivity index (χ0) is 19.1. The highest BCUT2D eigenvalue weighted by Crippen LogP contribution is 2.21. The average Bonchev–Trinajstić information content (AvgIpc) is 3.11. The highest BCUT2D eigenvalue weighted by molar-refractivity contribution is 5.81. The predicted molar refractivity (Wildman–Crippen MR) is 105 cm³/mol. The van der Waals surface area contributed by atoms with Crippen LogP contribution in [0.2, 0.25) is 0 Å². The van der Waals surface area contributed by atoms with Crippen molar-refractivity contribution in [1.29, 1.82) is 0 Å². The molecular formula is C19H22N6O2. The van der Waals surface area contributed by atoms with Gasteiger partial charge in [0.15, 0.2) is 0 Å². The molecule has 1 atom stereocenters. The van der Waals surface area contributed by atoms with Crippen molar-refractivity contribution in [2.75, 3.05) is 23.3 Å². The molecule has 140 valence electrons. The second-order valence-electron chi connectivity index (χ2n) is 6.97. The largest absolute Gasteiger partial charge is 0.356 e. The lowest BCUT2D eigenvalue weighted by Gasteiger charge is -2.21. The molecule has 8 nitrogen and oxygen atoms in total. The number of anilines is 2. The van der Waals surface area contributed by atoms with E-state index in [2.05, 4.69) is 15.3 Å². The van der Waals surface area contributed by atoms with Crippen molar-refractivity contribution in [3.05, 3.63) is 56.9 Å². The van der Waals surface area contributed by atoms with Gasteiger partial charge in [0.1, 0.15) is 5.82 Å². The molecule has 27 heavy (non-hydrogen) atoms. The average molecular weight is 366 g/mol. The van der Waals surface area contributed by atoms with Gasteiger partial charge in [-0.1, -0.05) is 18.2 Å². The number of rotatable bonds is 3. The number of hydrogen-bond acceptors (Lipinski definition) is 6. The Morgan fingerprint density at radius 3 is 2.70 bits per heavy atom. The summed E-state index contributed by atoms with van der Waals surface area (Å²) < 4.78 is 2.63. The van der Waals surface area contributed by atoms with Crippen LogP contribution in [0, 0.1) is 6.92 Å². The molecule has 8 heteroatoms. The molecule has 1 fully saturated rings. The first-order chi connectivity index (χ1) is 12.9. The number of fused-ring (bicyclic) bond motifs is 1. The third kappa shape index (κ3) is 3.07. The molecule has 0 amide bonds. The number of nitrogens with zero attached hydrogens (tertiary/aromatic N) is 5. The SMILES string of the molecule is Cc1nc(N[C@H]2CCN(c3cc(=O)n(C)c(=O)n3C)C2)nc2ccccc12. The Labute approximate surface area is 156 Å². The number of nitrogens with one attached hydrogen (secondary N) is 1. The van der Waals surface area contributed by atoms with Gasteiger partial charge in [0, 0.05) is 44.7 Å². The summed E-state index contributed by atoms with van der Waals surface area (Å²) in [6.45, 7) is 3.41. The number of para-hydroxylation sites is 1. The Hall–Kier alpha value is -3.16. The number of hydrogen-bond donors (Lipinski definition) is 1. The summed E-state index contributed by atoms with van der Waals surface area (Å²) >= 11 is 0. The maximum Gasteiger partial charge on any atom is 0.332 e. The van der Waals surface area contributed by atoms with E-state index in [1.54, 1.807) is 7.05 Å². The van der Waals surface area contributed by atoms with E-state index >= 15 is 0 Å². The molecule has 0 saturated carbocycles. The molecule has 0 radical (unpaired) electrons. The molecule has 3 aromatic rings. The van der Waals surface area contributed by atoms with Gasteiger partial charge in [-0.3, -0.25) is 13.9 Å². The van der Waals surface area contributed by atoms with Crippen LogP contribution in [0.1, 0.15) is 12.1 Å². The van der Waals surface area contributed by atoms with Gasteiger partial charge in [-0.15, -0.1) is 0 Å². The van der Waals surface area contributed by atoms with Gasteiger partial charge in [0.2, 0.25) is 5.95 Å². The smallest absolute Gasteiger partial charge is 0.332 e. The monoisotopic (exact) mass is 366 g/mol. The van der Waals surface area contributed by atoms with Crippen molar-refractivity contribution in [2.45, 2.75) is 19.4 Å². The van der Waals surface area contributed by atoms with Crippen LogP contribution in [-0.2, 0) is 14.1 Å². The Morgan fingerprint density at radius 2 is 1.89 bits per heavy atom. The van der Waals surface area contributed by atoms with E-state index in [9.17, 15) is 9.59 Å². The van der Waals surface area contributed by atoms with E-state index < -0.39 is 0 Å². The zero-order valence-electron chi connectivity index (χ0n) is 15.6. The van der Waals surface area contributed by atoms with Crippen LogP contribution in [0.3, 0.4) is 0 Å². The molecule has 3 heterocycles. The van der Waals surface area contributed by atoms with Crippen molar-refractivity contribution in [2.24, 2.45) is 14.1 Å². The molecule has 0 aliphatic carbocycles. The van der Waals surface area contributed by atoms with Crippen LogP contribution < -0.4 is 21.5 Å². The maximum absolute atomic E-state index is 12.2. The second-order valence-corrected chi connectivity index (χ2v) is 6.97. The van der Waals surface area contributed by atoms with Crippen molar-refractivity contribution in [3.8, 4) is 0 Å². The quantitative estimate of drug-likeness (QED) is 0.745. The topological polar surface area (TPSA) is 85.0 Å². The lowest BCUT2D eigenvalue weighted by Crippen LogP contribution is -2.40. The van der Waals surface area contributed by atoms with Crippen LogP contribution in [0.4, 0.5) is 11.8 Å². The summed E-state index contributed by atoms with van der Waals surface area (Å²) in [6.07, 6.45) is 0.874. The van der Waals surface area contributed by atoms with Crippen LogP contribution in [0.5, 0.6) is 0 Å². The van der Waals surface area contributed by atoms with Gasteiger partial charge >= 0.3 is 5.69 Å². The number of benzene rings is 1. The summed E-state index contributed by atoms with van der Waals surface area (Å²) in [4.78, 5) is 35.4. The molecule has 0 unspecified atom stereocenters. The molecule has 1 aliphatic heterocycles. The number of aryl methyl sites for hydroxylation is 1. The van der Waals surface area contributed by atoms with Crippen molar-refractivity contribution in [3.63, 3.8) is 0 Å². The minimum atomic E-state index is -0.317. The summed E-state index contributed by atoms with van der Waals surface area (Å²) in [5.74, 6) is 1.25. The summed E-state index contributed by atoms with van der Waals surface area (Å²) in [7, 11) is 3.18. The first-order valence-corrected chi connectivity index (χ1v) is 8.96. The Bertz CT molecular complexity index is 1130.